The van der Waals surface area contributed by atoms with Gasteiger partial charge in [0.1, 0.15) is 5.75 Å². The van der Waals surface area contributed by atoms with E-state index in [2.05, 4.69) is 64.2 Å². The van der Waals surface area contributed by atoms with Crippen molar-refractivity contribution in [3.8, 4) is 5.75 Å². The van der Waals surface area contributed by atoms with Gasteiger partial charge in [0.2, 0.25) is 0 Å². The zero-order valence-corrected chi connectivity index (χ0v) is 13.8. The molecule has 1 unspecified atom stereocenters. The van der Waals surface area contributed by atoms with Crippen molar-refractivity contribution in [2.24, 2.45) is 0 Å². The van der Waals surface area contributed by atoms with Crippen LogP contribution in [-0.4, -0.2) is 19.2 Å². The summed E-state index contributed by atoms with van der Waals surface area (Å²) in [4.78, 5) is 0. The van der Waals surface area contributed by atoms with Crippen molar-refractivity contribution in [3.05, 3.63) is 29.8 Å². The normalized spacial score (nSPS) is 13.2. The molecule has 0 spiro atoms. The molecule has 0 amide bonds. The van der Waals surface area contributed by atoms with E-state index in [0.717, 1.165) is 25.3 Å². The maximum Gasteiger partial charge on any atom is 0.119 e. The Kier molecular flexibility index (Phi) is 7.08. The van der Waals surface area contributed by atoms with Crippen molar-refractivity contribution in [2.75, 3.05) is 13.2 Å². The van der Waals surface area contributed by atoms with Gasteiger partial charge in [-0.15, -0.1) is 0 Å². The molecule has 1 atom stereocenters. The lowest BCUT2D eigenvalue weighted by atomic mass is 9.87. The third-order valence-corrected chi connectivity index (χ3v) is 3.55. The number of ether oxygens (including phenoxy) is 1. The molecule has 0 saturated heterocycles. The van der Waals surface area contributed by atoms with Gasteiger partial charge in [0, 0.05) is 6.04 Å². The molecule has 0 saturated carbocycles. The van der Waals surface area contributed by atoms with Crippen molar-refractivity contribution in [3.63, 3.8) is 0 Å². The lowest BCUT2D eigenvalue weighted by Gasteiger charge is -2.19. The van der Waals surface area contributed by atoms with Crippen LogP contribution < -0.4 is 10.1 Å². The summed E-state index contributed by atoms with van der Waals surface area (Å²) >= 11 is 0. The van der Waals surface area contributed by atoms with Crippen molar-refractivity contribution in [2.45, 2.75) is 65.3 Å². The highest BCUT2D eigenvalue weighted by Crippen LogP contribution is 2.25. The largest absolute Gasteiger partial charge is 0.494 e. The number of hydrogen-bond acceptors (Lipinski definition) is 2. The van der Waals surface area contributed by atoms with E-state index in [-0.39, 0.29) is 5.41 Å². The van der Waals surface area contributed by atoms with Gasteiger partial charge in [-0.05, 0) is 55.8 Å². The molecule has 0 aliphatic rings. The van der Waals surface area contributed by atoms with Gasteiger partial charge >= 0.3 is 0 Å². The van der Waals surface area contributed by atoms with Gasteiger partial charge in [-0.3, -0.25) is 0 Å². The van der Waals surface area contributed by atoms with Gasteiger partial charge in [-0.1, -0.05) is 39.8 Å². The second-order valence-electron chi connectivity index (χ2n) is 6.58. The Morgan fingerprint density at radius 1 is 1.20 bits per heavy atom. The van der Waals surface area contributed by atoms with Crippen molar-refractivity contribution < 1.29 is 4.74 Å². The molecule has 1 aromatic rings. The molecule has 1 aromatic carbocycles. The van der Waals surface area contributed by atoms with Crippen LogP contribution in [0.15, 0.2) is 24.3 Å². The van der Waals surface area contributed by atoms with E-state index >= 15 is 0 Å². The maximum absolute atomic E-state index is 5.86. The van der Waals surface area contributed by atoms with E-state index in [1.165, 1.54) is 18.4 Å². The first kappa shape index (κ1) is 17.0. The molecular weight excluding hydrogens is 246 g/mol. The fraction of sp³-hybridized carbons (Fsp3) is 0.667. The fourth-order valence-electron chi connectivity index (χ4n) is 2.25. The van der Waals surface area contributed by atoms with E-state index < -0.39 is 0 Å². The van der Waals surface area contributed by atoms with Crippen LogP contribution in [0.2, 0.25) is 0 Å². The van der Waals surface area contributed by atoms with Crippen LogP contribution in [0.25, 0.3) is 0 Å². The monoisotopic (exact) mass is 277 g/mol. The topological polar surface area (TPSA) is 21.3 Å². The number of hydrogen-bond donors (Lipinski definition) is 1. The van der Waals surface area contributed by atoms with Crippen LogP contribution >= 0.6 is 0 Å². The quantitative estimate of drug-likeness (QED) is 0.705. The first-order valence-electron chi connectivity index (χ1n) is 7.90. The lowest BCUT2D eigenvalue weighted by molar-refractivity contribution is 0.301. The first-order valence-corrected chi connectivity index (χ1v) is 7.90. The summed E-state index contributed by atoms with van der Waals surface area (Å²) in [5, 5.41) is 3.44. The average Bonchev–Trinajstić information content (AvgIpc) is 2.38. The van der Waals surface area contributed by atoms with Crippen LogP contribution in [0.5, 0.6) is 5.75 Å². The zero-order valence-electron chi connectivity index (χ0n) is 13.8. The molecule has 2 heteroatoms. The molecule has 0 fully saturated rings. The van der Waals surface area contributed by atoms with Crippen LogP contribution in [0.1, 0.15) is 59.4 Å². The minimum Gasteiger partial charge on any atom is -0.494 e. The van der Waals surface area contributed by atoms with Gasteiger partial charge in [-0.2, -0.15) is 0 Å². The molecule has 114 valence electrons. The Bertz CT molecular complexity index is 381. The summed E-state index contributed by atoms with van der Waals surface area (Å²) in [6.45, 7) is 13.0. The predicted octanol–water partition coefficient (Wildman–Crippen LogP) is 4.53. The third kappa shape index (κ3) is 6.42. The maximum atomic E-state index is 5.86. The van der Waals surface area contributed by atoms with E-state index in [1.54, 1.807) is 0 Å². The molecular formula is C18H31NO. The van der Waals surface area contributed by atoms with Crippen molar-refractivity contribution in [1.29, 1.82) is 0 Å². The number of benzene rings is 1. The molecule has 0 radical (unpaired) electrons. The van der Waals surface area contributed by atoms with Crippen molar-refractivity contribution in [1.82, 2.24) is 5.32 Å². The number of rotatable bonds is 8. The average molecular weight is 277 g/mol. The van der Waals surface area contributed by atoms with Gasteiger partial charge < -0.3 is 10.1 Å². The van der Waals surface area contributed by atoms with Crippen LogP contribution in [-0.2, 0) is 5.41 Å². The Morgan fingerprint density at radius 3 is 2.60 bits per heavy atom. The lowest BCUT2D eigenvalue weighted by Crippen LogP contribution is -2.25. The van der Waals surface area contributed by atoms with Crippen molar-refractivity contribution >= 4 is 0 Å². The highest BCUT2D eigenvalue weighted by molar-refractivity contribution is 5.32. The SMILES string of the molecule is CCNC(C)CCCCOc1cccc(C(C)(C)C)c1. The Labute approximate surface area is 124 Å². The van der Waals surface area contributed by atoms with Crippen LogP contribution in [0, 0.1) is 0 Å². The summed E-state index contributed by atoms with van der Waals surface area (Å²) in [6.07, 6.45) is 3.56. The fourth-order valence-corrected chi connectivity index (χ4v) is 2.25. The Morgan fingerprint density at radius 2 is 1.95 bits per heavy atom. The predicted molar refractivity (Wildman–Crippen MR) is 87.6 cm³/mol. The summed E-state index contributed by atoms with van der Waals surface area (Å²) in [7, 11) is 0. The molecule has 0 bridgehead atoms. The third-order valence-electron chi connectivity index (χ3n) is 3.55. The molecule has 0 heterocycles. The van der Waals surface area contributed by atoms with Gasteiger partial charge in [0.05, 0.1) is 6.61 Å². The standard InChI is InChI=1S/C18H31NO/c1-6-19-15(2)10-7-8-13-20-17-12-9-11-16(14-17)18(3,4)5/h9,11-12,14-15,19H,6-8,10,13H2,1-5H3. The molecule has 1 N–H and O–H groups in total. The summed E-state index contributed by atoms with van der Waals surface area (Å²) in [5.41, 5.74) is 1.51. The molecule has 2 nitrogen and oxygen atoms in total. The summed E-state index contributed by atoms with van der Waals surface area (Å²) in [5.74, 6) is 0.997. The molecule has 0 aliphatic carbocycles. The first-order chi connectivity index (χ1) is 9.43. The molecule has 1 rings (SSSR count). The molecule has 20 heavy (non-hydrogen) atoms. The van der Waals surface area contributed by atoms with Crippen LogP contribution in [0.3, 0.4) is 0 Å². The second kappa shape index (κ2) is 8.31. The van der Waals surface area contributed by atoms with E-state index in [0.29, 0.717) is 6.04 Å². The smallest absolute Gasteiger partial charge is 0.119 e. The highest BCUT2D eigenvalue weighted by Gasteiger charge is 2.13. The second-order valence-corrected chi connectivity index (χ2v) is 6.58. The summed E-state index contributed by atoms with van der Waals surface area (Å²) in [6, 6.07) is 9.09. The van der Waals surface area contributed by atoms with Gasteiger partial charge in [0.15, 0.2) is 0 Å². The van der Waals surface area contributed by atoms with Gasteiger partial charge in [-0.25, -0.2) is 0 Å². The molecule has 0 aliphatic heterocycles. The molecule has 0 aromatic heterocycles. The Balaban J connectivity index is 2.29. The van der Waals surface area contributed by atoms with E-state index in [9.17, 15) is 0 Å². The van der Waals surface area contributed by atoms with E-state index in [4.69, 9.17) is 4.74 Å². The zero-order chi connectivity index (χ0) is 15.0. The number of nitrogens with one attached hydrogen (secondary N) is 1. The Hall–Kier alpha value is -1.02. The van der Waals surface area contributed by atoms with Gasteiger partial charge in [0.25, 0.3) is 0 Å². The summed E-state index contributed by atoms with van der Waals surface area (Å²) < 4.78 is 5.86. The van der Waals surface area contributed by atoms with E-state index in [1.807, 2.05) is 0 Å². The number of unbranched alkanes of at least 4 members (excludes halogenated alkanes) is 1. The van der Waals surface area contributed by atoms with Crippen LogP contribution in [0.4, 0.5) is 0 Å². The highest BCUT2D eigenvalue weighted by atomic mass is 16.5. The minimum atomic E-state index is 0.181. The minimum absolute atomic E-state index is 0.181.